The van der Waals surface area contributed by atoms with E-state index in [9.17, 15) is 4.79 Å². The topological polar surface area (TPSA) is 72.1 Å². The van der Waals surface area contributed by atoms with Crippen molar-refractivity contribution in [1.29, 1.82) is 0 Å². The van der Waals surface area contributed by atoms with Crippen LogP contribution in [0.1, 0.15) is 17.9 Å². The number of hydrogen-bond donors (Lipinski definition) is 0. The van der Waals surface area contributed by atoms with Gasteiger partial charge in [-0.05, 0) is 17.7 Å². The highest BCUT2D eigenvalue weighted by Gasteiger charge is 2.13. The molecule has 0 bridgehead atoms. The Morgan fingerprint density at radius 1 is 1.08 bits per heavy atom. The second-order valence-corrected chi connectivity index (χ2v) is 5.45. The van der Waals surface area contributed by atoms with Gasteiger partial charge >= 0.3 is 0 Å². The summed E-state index contributed by atoms with van der Waals surface area (Å²) in [6, 6.07) is 15.4. The van der Waals surface area contributed by atoms with Crippen LogP contribution in [0.15, 0.2) is 59.1 Å². The predicted molar refractivity (Wildman–Crippen MR) is 88.8 cm³/mol. The quantitative estimate of drug-likeness (QED) is 0.698. The summed E-state index contributed by atoms with van der Waals surface area (Å²) in [6.07, 6.45) is 2.41. The molecule has 1 aromatic carbocycles. The maximum absolute atomic E-state index is 12.2. The Bertz CT molecular complexity index is 787. The molecule has 1 amide bonds. The number of aromatic nitrogens is 3. The van der Waals surface area contributed by atoms with Gasteiger partial charge in [0.2, 0.25) is 11.8 Å². The molecule has 0 N–H and O–H groups in total. The minimum atomic E-state index is 0.0384. The number of rotatable bonds is 6. The van der Waals surface area contributed by atoms with E-state index in [0.29, 0.717) is 36.9 Å². The third kappa shape index (κ3) is 4.04. The molecule has 0 aliphatic rings. The van der Waals surface area contributed by atoms with E-state index in [0.717, 1.165) is 5.56 Å². The van der Waals surface area contributed by atoms with Crippen LogP contribution in [0.25, 0.3) is 11.6 Å². The van der Waals surface area contributed by atoms with Gasteiger partial charge in [-0.25, -0.2) is 0 Å². The Kier molecular flexibility index (Phi) is 4.96. The highest BCUT2D eigenvalue weighted by molar-refractivity contribution is 5.76. The molecular formula is C18H18N4O2. The van der Waals surface area contributed by atoms with Crippen molar-refractivity contribution >= 4 is 5.91 Å². The summed E-state index contributed by atoms with van der Waals surface area (Å²) in [5.41, 5.74) is 1.73. The van der Waals surface area contributed by atoms with E-state index in [1.54, 1.807) is 24.2 Å². The normalized spacial score (nSPS) is 10.5. The molecule has 3 aromatic rings. The van der Waals surface area contributed by atoms with Crippen LogP contribution in [0, 0.1) is 0 Å². The molecule has 0 aliphatic heterocycles. The van der Waals surface area contributed by atoms with Crippen molar-refractivity contribution in [1.82, 2.24) is 20.1 Å². The minimum absolute atomic E-state index is 0.0384. The van der Waals surface area contributed by atoms with Crippen LogP contribution in [0.5, 0.6) is 0 Å². The zero-order valence-electron chi connectivity index (χ0n) is 13.4. The Morgan fingerprint density at radius 3 is 2.62 bits per heavy atom. The fourth-order valence-electron chi connectivity index (χ4n) is 2.30. The summed E-state index contributed by atoms with van der Waals surface area (Å²) >= 11 is 0. The van der Waals surface area contributed by atoms with Crippen molar-refractivity contribution in [3.05, 3.63) is 66.2 Å². The zero-order chi connectivity index (χ0) is 16.8. The van der Waals surface area contributed by atoms with Crippen molar-refractivity contribution in [2.24, 2.45) is 0 Å². The molecule has 0 saturated heterocycles. The van der Waals surface area contributed by atoms with E-state index >= 15 is 0 Å². The molecule has 0 fully saturated rings. The largest absolute Gasteiger partial charge is 0.419 e. The lowest BCUT2D eigenvalue weighted by atomic mass is 10.2. The van der Waals surface area contributed by atoms with E-state index in [1.807, 2.05) is 42.5 Å². The Labute approximate surface area is 140 Å². The Hall–Kier alpha value is -3.02. The first-order chi connectivity index (χ1) is 11.7. The molecule has 24 heavy (non-hydrogen) atoms. The molecule has 0 aliphatic carbocycles. The Balaban J connectivity index is 1.54. The van der Waals surface area contributed by atoms with E-state index in [4.69, 9.17) is 4.42 Å². The molecule has 0 spiro atoms. The van der Waals surface area contributed by atoms with E-state index in [1.165, 1.54) is 0 Å². The van der Waals surface area contributed by atoms with Crippen molar-refractivity contribution in [2.75, 3.05) is 7.05 Å². The number of carbonyl (C=O) groups excluding carboxylic acids is 1. The number of amides is 1. The number of benzene rings is 1. The fourth-order valence-corrected chi connectivity index (χ4v) is 2.30. The van der Waals surface area contributed by atoms with Crippen LogP contribution in [-0.2, 0) is 17.8 Å². The predicted octanol–water partition coefficient (Wildman–Crippen LogP) is 2.72. The van der Waals surface area contributed by atoms with Crippen molar-refractivity contribution in [2.45, 2.75) is 19.4 Å². The van der Waals surface area contributed by atoms with Gasteiger partial charge in [0, 0.05) is 32.6 Å². The second-order valence-electron chi connectivity index (χ2n) is 5.45. The van der Waals surface area contributed by atoms with Gasteiger partial charge in [-0.1, -0.05) is 36.4 Å². The molecule has 2 aromatic heterocycles. The first-order valence-corrected chi connectivity index (χ1v) is 7.74. The molecule has 6 nitrogen and oxygen atoms in total. The highest BCUT2D eigenvalue weighted by Crippen LogP contribution is 2.15. The fraction of sp³-hybridized carbons (Fsp3) is 0.222. The van der Waals surface area contributed by atoms with Crippen LogP contribution in [0.2, 0.25) is 0 Å². The standard InChI is InChI=1S/C18H18N4O2/c1-22(13-14-7-3-2-4-8-14)17(23)11-10-16-20-21-18(24-16)15-9-5-6-12-19-15/h2-9,12H,10-11,13H2,1H3. The molecule has 0 radical (unpaired) electrons. The van der Waals surface area contributed by atoms with E-state index < -0.39 is 0 Å². The van der Waals surface area contributed by atoms with Crippen LogP contribution >= 0.6 is 0 Å². The van der Waals surface area contributed by atoms with E-state index in [2.05, 4.69) is 15.2 Å². The summed E-state index contributed by atoms with van der Waals surface area (Å²) in [5.74, 6) is 0.851. The van der Waals surface area contributed by atoms with Gasteiger partial charge in [-0.2, -0.15) is 0 Å². The molecule has 0 atom stereocenters. The van der Waals surface area contributed by atoms with Gasteiger partial charge in [0.25, 0.3) is 5.89 Å². The highest BCUT2D eigenvalue weighted by atomic mass is 16.4. The first kappa shape index (κ1) is 15.9. The van der Waals surface area contributed by atoms with Gasteiger partial charge in [-0.3, -0.25) is 9.78 Å². The van der Waals surface area contributed by atoms with Crippen LogP contribution in [0.3, 0.4) is 0 Å². The lowest BCUT2D eigenvalue weighted by molar-refractivity contribution is -0.130. The summed E-state index contributed by atoms with van der Waals surface area (Å²) in [6.45, 7) is 0.586. The maximum Gasteiger partial charge on any atom is 0.266 e. The molecule has 122 valence electrons. The summed E-state index contributed by atoms with van der Waals surface area (Å²) in [4.78, 5) is 18.1. The lowest BCUT2D eigenvalue weighted by Gasteiger charge is -2.16. The Morgan fingerprint density at radius 2 is 1.88 bits per heavy atom. The van der Waals surface area contributed by atoms with Crippen LogP contribution in [0.4, 0.5) is 0 Å². The first-order valence-electron chi connectivity index (χ1n) is 7.74. The average molecular weight is 322 g/mol. The maximum atomic E-state index is 12.2. The van der Waals surface area contributed by atoms with Gasteiger partial charge in [-0.15, -0.1) is 10.2 Å². The number of pyridine rings is 1. The monoisotopic (exact) mass is 322 g/mol. The molecule has 6 heteroatoms. The van der Waals surface area contributed by atoms with Crippen molar-refractivity contribution in [3.8, 4) is 11.6 Å². The van der Waals surface area contributed by atoms with Gasteiger partial charge in [0.1, 0.15) is 5.69 Å². The third-order valence-electron chi connectivity index (χ3n) is 3.59. The van der Waals surface area contributed by atoms with Crippen LogP contribution < -0.4 is 0 Å². The smallest absolute Gasteiger partial charge is 0.266 e. The third-order valence-corrected chi connectivity index (χ3v) is 3.59. The van der Waals surface area contributed by atoms with Crippen molar-refractivity contribution < 1.29 is 9.21 Å². The SMILES string of the molecule is CN(Cc1ccccc1)C(=O)CCc1nnc(-c2ccccn2)o1. The number of nitrogens with zero attached hydrogens (tertiary/aromatic N) is 4. The average Bonchev–Trinajstić information content (AvgIpc) is 3.10. The molecule has 2 heterocycles. The number of hydrogen-bond acceptors (Lipinski definition) is 5. The number of aryl methyl sites for hydroxylation is 1. The van der Waals surface area contributed by atoms with Crippen molar-refractivity contribution in [3.63, 3.8) is 0 Å². The molecule has 0 saturated carbocycles. The minimum Gasteiger partial charge on any atom is -0.419 e. The zero-order valence-corrected chi connectivity index (χ0v) is 13.4. The van der Waals surface area contributed by atoms with Gasteiger partial charge < -0.3 is 9.32 Å². The molecular weight excluding hydrogens is 304 g/mol. The molecule has 3 rings (SSSR count). The molecule has 0 unspecified atom stereocenters. The second kappa shape index (κ2) is 7.50. The van der Waals surface area contributed by atoms with Crippen LogP contribution in [-0.4, -0.2) is 33.0 Å². The number of carbonyl (C=O) groups is 1. The lowest BCUT2D eigenvalue weighted by Crippen LogP contribution is -2.26. The summed E-state index contributed by atoms with van der Waals surface area (Å²) in [5, 5.41) is 7.95. The van der Waals surface area contributed by atoms with Gasteiger partial charge in [0.05, 0.1) is 0 Å². The van der Waals surface area contributed by atoms with E-state index in [-0.39, 0.29) is 5.91 Å². The van der Waals surface area contributed by atoms with Gasteiger partial charge in [0.15, 0.2) is 0 Å². The summed E-state index contributed by atoms with van der Waals surface area (Å²) in [7, 11) is 1.79. The summed E-state index contributed by atoms with van der Waals surface area (Å²) < 4.78 is 5.56.